The minimum absolute atomic E-state index is 0.472. The minimum Gasteiger partial charge on any atom is -0.330 e. The van der Waals surface area contributed by atoms with E-state index in [0.29, 0.717) is 5.41 Å². The van der Waals surface area contributed by atoms with Gasteiger partial charge in [-0.05, 0) is 30.7 Å². The molecule has 0 aliphatic heterocycles. The van der Waals surface area contributed by atoms with Gasteiger partial charge in [0.1, 0.15) is 0 Å². The van der Waals surface area contributed by atoms with Crippen LogP contribution in [0.15, 0.2) is 0 Å². The van der Waals surface area contributed by atoms with Gasteiger partial charge in [-0.25, -0.2) is 0 Å². The van der Waals surface area contributed by atoms with Crippen molar-refractivity contribution in [2.45, 2.75) is 54.4 Å². The molecule has 0 rings (SSSR count). The second kappa shape index (κ2) is 7.60. The maximum absolute atomic E-state index is 5.34. The molecule has 0 heterocycles. The summed E-state index contributed by atoms with van der Waals surface area (Å²) in [5.41, 5.74) is 5.81. The Hall–Kier alpha value is -0.0400. The van der Waals surface area contributed by atoms with Gasteiger partial charge in [-0.2, -0.15) is 0 Å². The van der Waals surface area contributed by atoms with Gasteiger partial charge in [0, 0.05) is 0 Å². The lowest BCUT2D eigenvalue weighted by molar-refractivity contribution is 0.368. The first-order valence-corrected chi connectivity index (χ1v) is 4.99. The van der Waals surface area contributed by atoms with Crippen LogP contribution in [0.5, 0.6) is 0 Å². The Morgan fingerprint density at radius 2 is 1.42 bits per heavy atom. The lowest BCUT2D eigenvalue weighted by Gasteiger charge is -2.16. The van der Waals surface area contributed by atoms with E-state index < -0.39 is 0 Å². The Morgan fingerprint density at radius 1 is 1.08 bits per heavy atom. The maximum Gasteiger partial charge on any atom is -0.00771 e. The highest BCUT2D eigenvalue weighted by molar-refractivity contribution is 4.60. The third kappa shape index (κ3) is 32.5. The van der Waals surface area contributed by atoms with Crippen molar-refractivity contribution in [3.8, 4) is 0 Å². The van der Waals surface area contributed by atoms with Crippen molar-refractivity contribution >= 4 is 0 Å². The molecule has 0 saturated carbocycles. The van der Waals surface area contributed by atoms with Crippen LogP contribution >= 0.6 is 0 Å². The first-order chi connectivity index (χ1) is 5.29. The second-order valence-corrected chi connectivity index (χ2v) is 5.18. The summed E-state index contributed by atoms with van der Waals surface area (Å²) >= 11 is 0. The smallest absolute Gasteiger partial charge is 0.00771 e. The van der Waals surface area contributed by atoms with Gasteiger partial charge >= 0.3 is 0 Å². The Morgan fingerprint density at radius 3 is 1.50 bits per heavy atom. The van der Waals surface area contributed by atoms with E-state index in [0.717, 1.165) is 18.9 Å². The number of nitrogens with two attached hydrogens (primary N) is 1. The molecule has 0 unspecified atom stereocenters. The molecule has 0 aliphatic rings. The number of rotatable bonds is 2. The standard InChI is InChI=1S/C7H17N.C4H10/c1-7(2,3)5-4-6-8;1-4(2)3/h4-6,8H2,1-3H3;4H,1-3H3. The van der Waals surface area contributed by atoms with Gasteiger partial charge in [0.05, 0.1) is 0 Å². The fourth-order valence-electron chi connectivity index (χ4n) is 0.632. The van der Waals surface area contributed by atoms with Crippen molar-refractivity contribution in [3.63, 3.8) is 0 Å². The normalized spacial score (nSPS) is 11.0. The predicted molar refractivity (Wildman–Crippen MR) is 58.3 cm³/mol. The Kier molecular flexibility index (Phi) is 9.17. The lowest BCUT2D eigenvalue weighted by Crippen LogP contribution is -2.08. The van der Waals surface area contributed by atoms with E-state index in [-0.39, 0.29) is 0 Å². The molecule has 12 heavy (non-hydrogen) atoms. The molecule has 0 radical (unpaired) electrons. The fourth-order valence-corrected chi connectivity index (χ4v) is 0.632. The molecule has 0 aliphatic carbocycles. The first kappa shape index (κ1) is 14.5. The molecule has 1 heteroatoms. The van der Waals surface area contributed by atoms with Gasteiger partial charge in [0.2, 0.25) is 0 Å². The molecule has 0 spiro atoms. The van der Waals surface area contributed by atoms with Crippen LogP contribution in [-0.4, -0.2) is 6.54 Å². The van der Waals surface area contributed by atoms with Crippen LogP contribution in [0.3, 0.4) is 0 Å². The molecule has 0 atom stereocenters. The van der Waals surface area contributed by atoms with E-state index in [9.17, 15) is 0 Å². The third-order valence-corrected chi connectivity index (χ3v) is 1.13. The van der Waals surface area contributed by atoms with Crippen LogP contribution in [0, 0.1) is 11.3 Å². The maximum atomic E-state index is 5.34. The highest BCUT2D eigenvalue weighted by Crippen LogP contribution is 2.19. The summed E-state index contributed by atoms with van der Waals surface area (Å²) < 4.78 is 0. The average Bonchev–Trinajstić information content (AvgIpc) is 1.80. The molecule has 2 N–H and O–H groups in total. The zero-order valence-corrected chi connectivity index (χ0v) is 9.78. The Balaban J connectivity index is 0. The van der Waals surface area contributed by atoms with Crippen LogP contribution < -0.4 is 5.73 Å². The second-order valence-electron chi connectivity index (χ2n) is 5.18. The molecule has 76 valence electrons. The van der Waals surface area contributed by atoms with Crippen LogP contribution in [0.2, 0.25) is 0 Å². The highest BCUT2D eigenvalue weighted by atomic mass is 14.5. The predicted octanol–water partition coefficient (Wildman–Crippen LogP) is 3.43. The molecule has 0 aromatic heterocycles. The zero-order valence-electron chi connectivity index (χ0n) is 9.78. The minimum atomic E-state index is 0.472. The van der Waals surface area contributed by atoms with Gasteiger partial charge in [-0.1, -0.05) is 41.5 Å². The van der Waals surface area contributed by atoms with Crippen LogP contribution in [0.25, 0.3) is 0 Å². The first-order valence-electron chi connectivity index (χ1n) is 4.99. The SMILES string of the molecule is CC(C)(C)CCCN.CC(C)C. The quantitative estimate of drug-likeness (QED) is 0.680. The Bertz CT molecular complexity index is 76.7. The van der Waals surface area contributed by atoms with Crippen molar-refractivity contribution < 1.29 is 0 Å². The van der Waals surface area contributed by atoms with Gasteiger partial charge in [-0.3, -0.25) is 0 Å². The van der Waals surface area contributed by atoms with Crippen molar-refractivity contribution in [2.24, 2.45) is 17.1 Å². The van der Waals surface area contributed by atoms with Crippen LogP contribution in [0.4, 0.5) is 0 Å². The third-order valence-electron chi connectivity index (χ3n) is 1.13. The molecule has 0 amide bonds. The molecule has 0 fully saturated rings. The summed E-state index contributed by atoms with van der Waals surface area (Å²) in [7, 11) is 0. The van der Waals surface area contributed by atoms with Crippen LogP contribution in [0.1, 0.15) is 54.4 Å². The van der Waals surface area contributed by atoms with Crippen molar-refractivity contribution in [3.05, 3.63) is 0 Å². The molecular formula is C11H27N. The molecule has 0 aromatic carbocycles. The zero-order chi connectivity index (χ0) is 10.2. The van der Waals surface area contributed by atoms with Crippen molar-refractivity contribution in [1.29, 1.82) is 0 Å². The van der Waals surface area contributed by atoms with E-state index in [2.05, 4.69) is 41.5 Å². The molecule has 0 aromatic rings. The summed E-state index contributed by atoms with van der Waals surface area (Å²) in [4.78, 5) is 0. The van der Waals surface area contributed by atoms with E-state index >= 15 is 0 Å². The number of hydrogen-bond donors (Lipinski definition) is 1. The summed E-state index contributed by atoms with van der Waals surface area (Å²) in [6.45, 7) is 14.0. The molecule has 1 nitrogen and oxygen atoms in total. The summed E-state index contributed by atoms with van der Waals surface area (Å²) in [5.74, 6) is 0.833. The van der Waals surface area contributed by atoms with Crippen LogP contribution in [-0.2, 0) is 0 Å². The molecule has 0 bridgehead atoms. The van der Waals surface area contributed by atoms with Crippen molar-refractivity contribution in [1.82, 2.24) is 0 Å². The van der Waals surface area contributed by atoms with Gasteiger partial charge in [0.25, 0.3) is 0 Å². The fraction of sp³-hybridized carbons (Fsp3) is 1.00. The average molecular weight is 173 g/mol. The van der Waals surface area contributed by atoms with Gasteiger partial charge in [-0.15, -0.1) is 0 Å². The highest BCUT2D eigenvalue weighted by Gasteiger charge is 2.07. The summed E-state index contributed by atoms with van der Waals surface area (Å²) in [6.07, 6.45) is 2.40. The monoisotopic (exact) mass is 173 g/mol. The van der Waals surface area contributed by atoms with E-state index in [4.69, 9.17) is 5.73 Å². The Labute approximate surface area is 78.7 Å². The van der Waals surface area contributed by atoms with E-state index in [1.165, 1.54) is 6.42 Å². The largest absolute Gasteiger partial charge is 0.330 e. The van der Waals surface area contributed by atoms with Gasteiger partial charge < -0.3 is 5.73 Å². The lowest BCUT2D eigenvalue weighted by atomic mass is 9.91. The van der Waals surface area contributed by atoms with Crippen molar-refractivity contribution in [2.75, 3.05) is 6.54 Å². The summed E-state index contributed by atoms with van der Waals surface area (Å²) in [5, 5.41) is 0. The topological polar surface area (TPSA) is 26.0 Å². The van der Waals surface area contributed by atoms with E-state index in [1.807, 2.05) is 0 Å². The number of hydrogen-bond acceptors (Lipinski definition) is 1. The molecular weight excluding hydrogens is 146 g/mol. The van der Waals surface area contributed by atoms with Gasteiger partial charge in [0.15, 0.2) is 0 Å². The van der Waals surface area contributed by atoms with E-state index in [1.54, 1.807) is 0 Å². The summed E-state index contributed by atoms with van der Waals surface area (Å²) in [6, 6.07) is 0. The molecule has 0 saturated heterocycles.